The van der Waals surface area contributed by atoms with Gasteiger partial charge in [-0.3, -0.25) is 14.9 Å². The Morgan fingerprint density at radius 3 is 2.55 bits per heavy atom. The molecule has 1 fully saturated rings. The van der Waals surface area contributed by atoms with Crippen molar-refractivity contribution in [2.75, 3.05) is 5.75 Å². The Labute approximate surface area is 68.3 Å². The molecule has 1 rings (SSSR count). The molecule has 11 heavy (non-hydrogen) atoms. The molecular formula is C6H9NO3S. The molecule has 1 aliphatic heterocycles. The standard InChI is InChI=1S/C6H9NO3S/c1-3(8)5-7-4(2-11-5)6(9)10/h4-5,7H,2H2,1H3,(H,9,10)/t4-,5-/m0/s1. The number of aliphatic carboxylic acids is 1. The van der Waals surface area contributed by atoms with E-state index in [1.54, 1.807) is 0 Å². The quantitative estimate of drug-likeness (QED) is 0.602. The number of carbonyl (C=O) groups excluding carboxylic acids is 1. The Balaban J connectivity index is 2.47. The van der Waals surface area contributed by atoms with E-state index in [0.29, 0.717) is 5.75 Å². The lowest BCUT2D eigenvalue weighted by atomic mass is 10.3. The number of thioether (sulfide) groups is 1. The molecule has 1 saturated heterocycles. The predicted octanol–water partition coefficient (Wildman–Crippen LogP) is -0.309. The smallest absolute Gasteiger partial charge is 0.321 e. The molecule has 0 aromatic carbocycles. The normalized spacial score (nSPS) is 30.3. The molecule has 1 aliphatic rings. The lowest BCUT2D eigenvalue weighted by Crippen LogP contribution is -2.39. The van der Waals surface area contributed by atoms with Crippen molar-refractivity contribution in [1.82, 2.24) is 5.32 Å². The highest BCUT2D eigenvalue weighted by atomic mass is 32.2. The third-order valence-corrected chi connectivity index (χ3v) is 2.78. The molecule has 0 radical (unpaired) electrons. The van der Waals surface area contributed by atoms with Crippen LogP contribution in [0.4, 0.5) is 0 Å². The lowest BCUT2D eigenvalue weighted by Gasteiger charge is -2.05. The first-order valence-electron chi connectivity index (χ1n) is 3.22. The van der Waals surface area contributed by atoms with Crippen LogP contribution in [-0.2, 0) is 9.59 Å². The molecule has 2 atom stereocenters. The van der Waals surface area contributed by atoms with Crippen LogP contribution in [0.1, 0.15) is 6.92 Å². The predicted molar refractivity (Wildman–Crippen MR) is 41.5 cm³/mol. The van der Waals surface area contributed by atoms with E-state index in [4.69, 9.17) is 5.11 Å². The second kappa shape index (κ2) is 3.23. The first-order chi connectivity index (χ1) is 5.11. The number of carboxylic acid groups (broad SMARTS) is 1. The molecule has 1 heterocycles. The van der Waals surface area contributed by atoms with Gasteiger partial charge in [0.1, 0.15) is 11.4 Å². The molecule has 62 valence electrons. The van der Waals surface area contributed by atoms with Gasteiger partial charge in [-0.1, -0.05) is 0 Å². The SMILES string of the molecule is CC(=O)[C@H]1N[C@H](C(=O)O)CS1. The van der Waals surface area contributed by atoms with Gasteiger partial charge in [0.25, 0.3) is 0 Å². The van der Waals surface area contributed by atoms with Gasteiger partial charge in [0.2, 0.25) is 0 Å². The average molecular weight is 175 g/mol. The molecule has 0 aliphatic carbocycles. The highest BCUT2D eigenvalue weighted by molar-refractivity contribution is 8.00. The number of carbonyl (C=O) groups is 2. The molecule has 5 heteroatoms. The lowest BCUT2D eigenvalue weighted by molar-refractivity contribution is -0.138. The number of Topliss-reactive ketones (excluding diaryl/α,β-unsaturated/α-hetero) is 1. The summed E-state index contributed by atoms with van der Waals surface area (Å²) in [5, 5.41) is 10.9. The van der Waals surface area contributed by atoms with Crippen molar-refractivity contribution < 1.29 is 14.7 Å². The van der Waals surface area contributed by atoms with Crippen molar-refractivity contribution in [3.8, 4) is 0 Å². The second-order valence-corrected chi connectivity index (χ2v) is 3.52. The van der Waals surface area contributed by atoms with Crippen molar-refractivity contribution in [3.63, 3.8) is 0 Å². The van der Waals surface area contributed by atoms with Crippen LogP contribution in [0.2, 0.25) is 0 Å². The number of ketones is 1. The zero-order valence-corrected chi connectivity index (χ0v) is 6.85. The Kier molecular flexibility index (Phi) is 2.51. The van der Waals surface area contributed by atoms with Gasteiger partial charge in [-0.2, -0.15) is 0 Å². The minimum absolute atomic E-state index is 0.0150. The first-order valence-corrected chi connectivity index (χ1v) is 4.27. The van der Waals surface area contributed by atoms with Gasteiger partial charge in [-0.15, -0.1) is 11.8 Å². The summed E-state index contributed by atoms with van der Waals surface area (Å²) in [6.45, 7) is 1.45. The van der Waals surface area contributed by atoms with Gasteiger partial charge in [0, 0.05) is 5.75 Å². The topological polar surface area (TPSA) is 66.4 Å². The van der Waals surface area contributed by atoms with Gasteiger partial charge in [-0.25, -0.2) is 0 Å². The van der Waals surface area contributed by atoms with Crippen LogP contribution >= 0.6 is 11.8 Å². The van der Waals surface area contributed by atoms with E-state index in [1.165, 1.54) is 18.7 Å². The maximum absolute atomic E-state index is 10.7. The van der Waals surface area contributed by atoms with E-state index in [-0.39, 0.29) is 11.2 Å². The highest BCUT2D eigenvalue weighted by Crippen LogP contribution is 2.18. The van der Waals surface area contributed by atoms with Crippen LogP contribution in [0.25, 0.3) is 0 Å². The monoisotopic (exact) mass is 175 g/mol. The van der Waals surface area contributed by atoms with Gasteiger partial charge in [-0.05, 0) is 6.92 Å². The van der Waals surface area contributed by atoms with E-state index in [0.717, 1.165) is 0 Å². The summed E-state index contributed by atoms with van der Waals surface area (Å²) in [7, 11) is 0. The van der Waals surface area contributed by atoms with Crippen molar-refractivity contribution in [2.45, 2.75) is 18.3 Å². The third-order valence-electron chi connectivity index (χ3n) is 1.45. The third kappa shape index (κ3) is 1.94. The summed E-state index contributed by atoms with van der Waals surface area (Å²) in [6.07, 6.45) is 0. The zero-order valence-electron chi connectivity index (χ0n) is 6.03. The summed E-state index contributed by atoms with van der Waals surface area (Å²) in [5.41, 5.74) is 0. The molecular weight excluding hydrogens is 166 g/mol. The van der Waals surface area contributed by atoms with Crippen molar-refractivity contribution in [2.24, 2.45) is 0 Å². The summed E-state index contributed by atoms with van der Waals surface area (Å²) in [4.78, 5) is 21.1. The number of hydrogen-bond donors (Lipinski definition) is 2. The van der Waals surface area contributed by atoms with Gasteiger partial charge in [0.05, 0.1) is 0 Å². The second-order valence-electron chi connectivity index (χ2n) is 2.38. The molecule has 0 saturated carbocycles. The van der Waals surface area contributed by atoms with Crippen molar-refractivity contribution in [1.29, 1.82) is 0 Å². The van der Waals surface area contributed by atoms with Crippen LogP contribution < -0.4 is 5.32 Å². The fraction of sp³-hybridized carbons (Fsp3) is 0.667. The Morgan fingerprint density at radius 2 is 2.27 bits per heavy atom. The Morgan fingerprint density at radius 1 is 1.64 bits per heavy atom. The fourth-order valence-electron chi connectivity index (χ4n) is 0.849. The molecule has 0 aromatic heterocycles. The summed E-state index contributed by atoms with van der Waals surface area (Å²) >= 11 is 1.35. The van der Waals surface area contributed by atoms with E-state index in [9.17, 15) is 9.59 Å². The number of rotatable bonds is 2. The average Bonchev–Trinajstić information content (AvgIpc) is 2.33. The number of nitrogens with one attached hydrogen (secondary N) is 1. The zero-order chi connectivity index (χ0) is 8.43. The van der Waals surface area contributed by atoms with E-state index < -0.39 is 12.0 Å². The molecule has 0 amide bonds. The number of carboxylic acids is 1. The Bertz CT molecular complexity index is 174. The highest BCUT2D eigenvalue weighted by Gasteiger charge is 2.31. The van der Waals surface area contributed by atoms with Gasteiger partial charge < -0.3 is 5.11 Å². The molecule has 0 bridgehead atoms. The van der Waals surface area contributed by atoms with Crippen LogP contribution in [0.5, 0.6) is 0 Å². The maximum Gasteiger partial charge on any atom is 0.321 e. The van der Waals surface area contributed by atoms with Gasteiger partial charge >= 0.3 is 5.97 Å². The van der Waals surface area contributed by atoms with Crippen molar-refractivity contribution >= 4 is 23.5 Å². The molecule has 0 unspecified atom stereocenters. The summed E-state index contributed by atoms with van der Waals surface area (Å²) in [6, 6.07) is -0.561. The molecule has 2 N–H and O–H groups in total. The van der Waals surface area contributed by atoms with E-state index in [2.05, 4.69) is 5.32 Å². The largest absolute Gasteiger partial charge is 0.480 e. The summed E-state index contributed by atoms with van der Waals surface area (Å²) < 4.78 is 0. The number of hydrogen-bond acceptors (Lipinski definition) is 4. The van der Waals surface area contributed by atoms with Gasteiger partial charge in [0.15, 0.2) is 5.78 Å². The molecule has 4 nitrogen and oxygen atoms in total. The first kappa shape index (κ1) is 8.55. The van der Waals surface area contributed by atoms with Crippen LogP contribution in [-0.4, -0.2) is 34.0 Å². The summed E-state index contributed by atoms with van der Waals surface area (Å²) in [5.74, 6) is -0.431. The molecule has 0 aromatic rings. The minimum Gasteiger partial charge on any atom is -0.480 e. The van der Waals surface area contributed by atoms with Crippen LogP contribution in [0.3, 0.4) is 0 Å². The van der Waals surface area contributed by atoms with E-state index in [1.807, 2.05) is 0 Å². The maximum atomic E-state index is 10.7. The van der Waals surface area contributed by atoms with Crippen molar-refractivity contribution in [3.05, 3.63) is 0 Å². The Hall–Kier alpha value is -0.550. The molecule has 0 spiro atoms. The van der Waals surface area contributed by atoms with Crippen LogP contribution in [0, 0.1) is 0 Å². The fourth-order valence-corrected chi connectivity index (χ4v) is 1.97. The minimum atomic E-state index is -0.888. The van der Waals surface area contributed by atoms with E-state index >= 15 is 0 Å². The van der Waals surface area contributed by atoms with Crippen LogP contribution in [0.15, 0.2) is 0 Å².